The normalized spacial score (nSPS) is 16.3. The molecule has 0 saturated carbocycles. The van der Waals surface area contributed by atoms with Crippen molar-refractivity contribution in [1.82, 2.24) is 4.98 Å². The fourth-order valence-corrected chi connectivity index (χ4v) is 7.43. The molecule has 7 rings (SSSR count). The SMILES string of the molecule is O=C1c2c(Br)c(Br)c(Br)c(Br)c2OC1c1ccc2cccc(N3C(=O)c4cc5ccccc5cc4C3=O)c2n1. The molecule has 39 heavy (non-hydrogen) atoms. The molecule has 0 N–H and O–H groups in total. The lowest BCUT2D eigenvalue weighted by atomic mass is 10.0. The lowest BCUT2D eigenvalue weighted by molar-refractivity contribution is 0.0851. The van der Waals surface area contributed by atoms with E-state index in [1.807, 2.05) is 36.4 Å². The number of ether oxygens (including phenoxy) is 1. The Bertz CT molecular complexity index is 1920. The highest BCUT2D eigenvalue weighted by molar-refractivity contribution is 9.15. The molecule has 10 heteroatoms. The Morgan fingerprint density at radius 2 is 1.31 bits per heavy atom. The Morgan fingerprint density at radius 1 is 0.692 bits per heavy atom. The first-order chi connectivity index (χ1) is 18.8. The Morgan fingerprint density at radius 3 is 1.97 bits per heavy atom. The molecule has 2 aliphatic rings. The first kappa shape index (κ1) is 25.1. The van der Waals surface area contributed by atoms with E-state index in [1.165, 1.54) is 0 Å². The molecule has 2 amide bonds. The summed E-state index contributed by atoms with van der Waals surface area (Å²) in [5.41, 5.74) is 2.22. The average Bonchev–Trinajstić information content (AvgIpc) is 3.42. The van der Waals surface area contributed by atoms with E-state index in [4.69, 9.17) is 9.72 Å². The average molecular weight is 772 g/mol. The number of halogens is 4. The maximum atomic E-state index is 13.6. The van der Waals surface area contributed by atoms with Gasteiger partial charge in [0.15, 0.2) is 0 Å². The predicted octanol–water partition coefficient (Wildman–Crippen LogP) is 8.55. The minimum absolute atomic E-state index is 0.262. The van der Waals surface area contributed by atoms with E-state index < -0.39 is 17.9 Å². The summed E-state index contributed by atoms with van der Waals surface area (Å²) in [6.07, 6.45) is -1.00. The predicted molar refractivity (Wildman–Crippen MR) is 162 cm³/mol. The van der Waals surface area contributed by atoms with Crippen LogP contribution in [-0.4, -0.2) is 22.6 Å². The molecule has 0 bridgehead atoms. The van der Waals surface area contributed by atoms with Crippen LogP contribution in [0, 0.1) is 0 Å². The molecular weight excluding hydrogens is 760 g/mol. The second kappa shape index (κ2) is 9.05. The van der Waals surface area contributed by atoms with Crippen molar-refractivity contribution in [3.05, 3.63) is 107 Å². The summed E-state index contributed by atoms with van der Waals surface area (Å²) in [4.78, 5) is 46.6. The van der Waals surface area contributed by atoms with E-state index in [9.17, 15) is 14.4 Å². The molecule has 3 heterocycles. The summed E-state index contributed by atoms with van der Waals surface area (Å²) in [6.45, 7) is 0. The minimum Gasteiger partial charge on any atom is -0.474 e. The third-order valence-electron chi connectivity index (χ3n) is 6.93. The van der Waals surface area contributed by atoms with Gasteiger partial charge in [-0.1, -0.05) is 42.5 Å². The highest BCUT2D eigenvalue weighted by atomic mass is 79.9. The second-order valence-corrected chi connectivity index (χ2v) is 12.3. The molecule has 0 aliphatic carbocycles. The van der Waals surface area contributed by atoms with Gasteiger partial charge in [0, 0.05) is 14.3 Å². The number of nitrogens with zero attached hydrogens (tertiary/aromatic N) is 2. The number of fused-ring (bicyclic) bond motifs is 4. The summed E-state index contributed by atoms with van der Waals surface area (Å²) in [5.74, 6) is -0.690. The second-order valence-electron chi connectivity index (χ2n) is 9.10. The van der Waals surface area contributed by atoms with Crippen molar-refractivity contribution in [2.45, 2.75) is 6.10 Å². The molecular formula is C29H12Br4N2O4. The first-order valence-electron chi connectivity index (χ1n) is 11.6. The van der Waals surface area contributed by atoms with Gasteiger partial charge in [0.1, 0.15) is 5.75 Å². The highest BCUT2D eigenvalue weighted by Crippen LogP contribution is 2.51. The van der Waals surface area contributed by atoms with Gasteiger partial charge in [-0.25, -0.2) is 9.88 Å². The number of amides is 2. The van der Waals surface area contributed by atoms with Gasteiger partial charge in [0.05, 0.1) is 42.5 Å². The van der Waals surface area contributed by atoms with Crippen molar-refractivity contribution < 1.29 is 19.1 Å². The maximum Gasteiger partial charge on any atom is 0.266 e. The molecule has 6 nitrogen and oxygen atoms in total. The van der Waals surface area contributed by atoms with Gasteiger partial charge in [-0.15, -0.1) is 0 Å². The van der Waals surface area contributed by atoms with E-state index in [2.05, 4.69) is 63.7 Å². The van der Waals surface area contributed by atoms with Crippen LogP contribution in [0.1, 0.15) is 42.9 Å². The third kappa shape index (κ3) is 3.61. The van der Waals surface area contributed by atoms with Gasteiger partial charge < -0.3 is 4.74 Å². The van der Waals surface area contributed by atoms with E-state index in [0.717, 1.165) is 15.7 Å². The van der Waals surface area contributed by atoms with E-state index in [1.54, 1.807) is 30.3 Å². The van der Waals surface area contributed by atoms with Crippen molar-refractivity contribution in [2.75, 3.05) is 4.90 Å². The first-order valence-corrected chi connectivity index (χ1v) is 14.8. The fraction of sp³-hybridized carbons (Fsp3) is 0.0345. The van der Waals surface area contributed by atoms with Gasteiger partial charge in [-0.05, 0) is 98.8 Å². The van der Waals surface area contributed by atoms with Crippen LogP contribution >= 0.6 is 63.7 Å². The zero-order chi connectivity index (χ0) is 27.2. The number of benzene rings is 4. The van der Waals surface area contributed by atoms with Crippen LogP contribution in [-0.2, 0) is 0 Å². The Balaban J connectivity index is 1.34. The molecule has 1 atom stereocenters. The zero-order valence-corrected chi connectivity index (χ0v) is 25.8. The molecule has 0 fully saturated rings. The molecule has 0 spiro atoms. The number of carbonyl (C=O) groups is 3. The van der Waals surface area contributed by atoms with Crippen LogP contribution in [0.15, 0.2) is 84.6 Å². The topological polar surface area (TPSA) is 76.6 Å². The molecule has 1 unspecified atom stereocenters. The van der Waals surface area contributed by atoms with Crippen LogP contribution in [0.2, 0.25) is 0 Å². The smallest absolute Gasteiger partial charge is 0.266 e. The number of rotatable bonds is 2. The number of carbonyl (C=O) groups excluding carboxylic acids is 3. The quantitative estimate of drug-likeness (QED) is 0.102. The third-order valence-corrected chi connectivity index (χ3v) is 11.7. The molecule has 2 aliphatic heterocycles. The van der Waals surface area contributed by atoms with Crippen molar-refractivity contribution >= 4 is 109 Å². The molecule has 0 radical (unpaired) electrons. The van der Waals surface area contributed by atoms with Crippen molar-refractivity contribution in [3.8, 4) is 5.75 Å². The number of hydrogen-bond acceptors (Lipinski definition) is 5. The fourth-order valence-electron chi connectivity index (χ4n) is 5.06. The number of aromatic nitrogens is 1. The molecule has 0 saturated heterocycles. The van der Waals surface area contributed by atoms with Gasteiger partial charge in [0.2, 0.25) is 11.9 Å². The van der Waals surface area contributed by atoms with Crippen LogP contribution in [0.3, 0.4) is 0 Å². The molecule has 4 aromatic carbocycles. The van der Waals surface area contributed by atoms with E-state index in [0.29, 0.717) is 62.6 Å². The summed E-state index contributed by atoms with van der Waals surface area (Å²) in [7, 11) is 0. The van der Waals surface area contributed by atoms with Crippen molar-refractivity contribution in [3.63, 3.8) is 0 Å². The number of Topliss-reactive ketones (excluding diaryl/α,β-unsaturated/α-hetero) is 1. The molecule has 5 aromatic rings. The number of anilines is 1. The van der Waals surface area contributed by atoms with Crippen LogP contribution in [0.25, 0.3) is 21.7 Å². The van der Waals surface area contributed by atoms with Gasteiger partial charge in [-0.2, -0.15) is 0 Å². The summed E-state index contributed by atoms with van der Waals surface area (Å²) in [5, 5.41) is 2.48. The summed E-state index contributed by atoms with van der Waals surface area (Å²) < 4.78 is 8.67. The molecule has 190 valence electrons. The Labute approximate surface area is 254 Å². The Hall–Kier alpha value is -2.92. The van der Waals surface area contributed by atoms with Crippen molar-refractivity contribution in [1.29, 1.82) is 0 Å². The lowest BCUT2D eigenvalue weighted by Crippen LogP contribution is -2.29. The number of hydrogen-bond donors (Lipinski definition) is 0. The van der Waals surface area contributed by atoms with Crippen LogP contribution < -0.4 is 9.64 Å². The maximum absolute atomic E-state index is 13.6. The number of para-hydroxylation sites is 1. The van der Waals surface area contributed by atoms with Gasteiger partial charge in [-0.3, -0.25) is 14.4 Å². The largest absolute Gasteiger partial charge is 0.474 e. The number of imide groups is 1. The summed E-state index contributed by atoms with van der Waals surface area (Å²) in [6, 6.07) is 19.9. The van der Waals surface area contributed by atoms with Crippen molar-refractivity contribution in [2.24, 2.45) is 0 Å². The summed E-state index contributed by atoms with van der Waals surface area (Å²) >= 11 is 14.0. The van der Waals surface area contributed by atoms with E-state index >= 15 is 0 Å². The van der Waals surface area contributed by atoms with Crippen LogP contribution in [0.4, 0.5) is 5.69 Å². The van der Waals surface area contributed by atoms with Gasteiger partial charge in [0.25, 0.3) is 11.8 Å². The molecule has 1 aromatic heterocycles. The standard InChI is InChI=1S/C29H12Br4N2O4/c30-20-19-25(36)26(39-27(19)23(33)22(32)21(20)31)17-9-8-12-6-3-7-18(24(12)34-17)35-28(37)15-10-13-4-1-2-5-14(13)11-16(15)29(35)38/h1-11,26H. The number of pyridine rings is 1. The van der Waals surface area contributed by atoms with Gasteiger partial charge >= 0.3 is 0 Å². The lowest BCUT2D eigenvalue weighted by Gasteiger charge is -2.17. The zero-order valence-electron chi connectivity index (χ0n) is 19.5. The Kier molecular flexibility index (Phi) is 5.82. The highest BCUT2D eigenvalue weighted by Gasteiger charge is 2.41. The minimum atomic E-state index is -1.00. The van der Waals surface area contributed by atoms with E-state index in [-0.39, 0.29) is 5.78 Å². The number of ketones is 1. The monoisotopic (exact) mass is 768 g/mol. The van der Waals surface area contributed by atoms with Crippen LogP contribution in [0.5, 0.6) is 5.75 Å².